The van der Waals surface area contributed by atoms with E-state index < -0.39 is 24.4 Å². The van der Waals surface area contributed by atoms with Gasteiger partial charge in [0.1, 0.15) is 12.2 Å². The highest BCUT2D eigenvalue weighted by atomic mass is 16.4. The molecule has 0 unspecified atom stereocenters. The van der Waals surface area contributed by atoms with Gasteiger partial charge in [0, 0.05) is 31.2 Å². The number of rotatable bonds is 10. The van der Waals surface area contributed by atoms with Crippen molar-refractivity contribution < 1.29 is 20.4 Å². The first-order valence-corrected chi connectivity index (χ1v) is 10.7. The second-order valence-electron chi connectivity index (χ2n) is 8.08. The van der Waals surface area contributed by atoms with Crippen LogP contribution in [0.3, 0.4) is 0 Å². The van der Waals surface area contributed by atoms with E-state index in [1.54, 1.807) is 6.20 Å². The van der Waals surface area contributed by atoms with E-state index in [4.69, 9.17) is 0 Å². The fourth-order valence-electron chi connectivity index (χ4n) is 4.06. The van der Waals surface area contributed by atoms with E-state index in [-0.39, 0.29) is 13.2 Å². The quantitative estimate of drug-likeness (QED) is 0.365. The van der Waals surface area contributed by atoms with Gasteiger partial charge in [0.2, 0.25) is 0 Å². The van der Waals surface area contributed by atoms with Crippen molar-refractivity contribution in [3.63, 3.8) is 0 Å². The molecule has 8 nitrogen and oxygen atoms in total. The zero-order valence-electron chi connectivity index (χ0n) is 17.6. The van der Waals surface area contributed by atoms with E-state index in [1.165, 1.54) is 5.56 Å². The van der Waals surface area contributed by atoms with Crippen molar-refractivity contribution in [3.05, 3.63) is 42.2 Å². The molecule has 8 heteroatoms. The number of likely N-dealkylation sites (tertiary alicyclic amines) is 1. The van der Waals surface area contributed by atoms with E-state index in [9.17, 15) is 20.4 Å². The number of nitrogens with one attached hydrogen (secondary N) is 1. The van der Waals surface area contributed by atoms with Crippen LogP contribution < -0.4 is 5.32 Å². The molecular weight excluding hydrogens is 384 g/mol. The molecule has 1 aliphatic rings. The molecule has 0 radical (unpaired) electrons. The Morgan fingerprint density at radius 2 is 1.90 bits per heavy atom. The standard InChI is InChI=1S/C22H34N4O4/c1-16-13-17(26-12-6-10-24-26)7-8-18(16)23-9-4-2-3-5-11-25-14-20(28)22(30)21(29)19(25)15-27/h6-8,10,12-13,19-23,27-30H,2-5,9,11,14-15H2,1H3/t19-,20+,21-,22-/m1/s1. The van der Waals surface area contributed by atoms with E-state index in [0.717, 1.165) is 43.6 Å². The molecule has 1 aromatic carbocycles. The molecule has 0 aliphatic carbocycles. The SMILES string of the molecule is Cc1cc(-n2cccn2)ccc1NCCCCCCN1C[C@H](O)[C@@H](O)[C@H](O)[C@H]1CO. The largest absolute Gasteiger partial charge is 0.395 e. The molecule has 1 aromatic heterocycles. The summed E-state index contributed by atoms with van der Waals surface area (Å²) in [5.74, 6) is 0. The summed E-state index contributed by atoms with van der Waals surface area (Å²) < 4.78 is 1.85. The number of aliphatic hydroxyl groups is 4. The van der Waals surface area contributed by atoms with Crippen LogP contribution in [0.25, 0.3) is 5.69 Å². The first kappa shape index (κ1) is 22.7. The Bertz CT molecular complexity index is 771. The fraction of sp³-hybridized carbons (Fsp3) is 0.591. The van der Waals surface area contributed by atoms with Crippen molar-refractivity contribution in [2.75, 3.05) is 31.6 Å². The van der Waals surface area contributed by atoms with Crippen LogP contribution in [0.5, 0.6) is 0 Å². The minimum absolute atomic E-state index is 0.229. The average molecular weight is 419 g/mol. The number of nitrogens with zero attached hydrogens (tertiary/aromatic N) is 3. The number of benzene rings is 1. The summed E-state index contributed by atoms with van der Waals surface area (Å²) in [6.45, 7) is 3.72. The Labute approximate surface area is 177 Å². The van der Waals surface area contributed by atoms with Gasteiger partial charge >= 0.3 is 0 Å². The molecule has 166 valence electrons. The highest BCUT2D eigenvalue weighted by Gasteiger charge is 2.40. The van der Waals surface area contributed by atoms with Crippen LogP contribution in [-0.2, 0) is 0 Å². The third kappa shape index (κ3) is 5.59. The smallest absolute Gasteiger partial charge is 0.109 e. The molecule has 0 spiro atoms. The topological polar surface area (TPSA) is 114 Å². The highest BCUT2D eigenvalue weighted by Crippen LogP contribution is 2.21. The lowest BCUT2D eigenvalue weighted by Gasteiger charge is -2.43. The Hall–Kier alpha value is -1.97. The predicted octanol–water partition coefficient (Wildman–Crippen LogP) is 0.912. The van der Waals surface area contributed by atoms with Crippen molar-refractivity contribution in [2.24, 2.45) is 0 Å². The van der Waals surface area contributed by atoms with E-state index in [2.05, 4.69) is 35.5 Å². The van der Waals surface area contributed by atoms with Gasteiger partial charge < -0.3 is 25.7 Å². The Morgan fingerprint density at radius 3 is 2.60 bits per heavy atom. The van der Waals surface area contributed by atoms with Crippen molar-refractivity contribution in [1.29, 1.82) is 0 Å². The molecule has 1 fully saturated rings. The molecule has 5 N–H and O–H groups in total. The zero-order valence-corrected chi connectivity index (χ0v) is 17.6. The second-order valence-corrected chi connectivity index (χ2v) is 8.08. The normalized spacial score (nSPS) is 24.8. The van der Waals surface area contributed by atoms with Crippen LogP contribution in [0, 0.1) is 6.92 Å². The zero-order chi connectivity index (χ0) is 21.5. The number of aryl methyl sites for hydroxylation is 1. The predicted molar refractivity (Wildman–Crippen MR) is 116 cm³/mol. The number of piperidine rings is 1. The van der Waals surface area contributed by atoms with E-state index >= 15 is 0 Å². The lowest BCUT2D eigenvalue weighted by Crippen LogP contribution is -2.62. The van der Waals surface area contributed by atoms with Crippen molar-refractivity contribution in [3.8, 4) is 5.69 Å². The number of unbranched alkanes of at least 4 members (excludes halogenated alkanes) is 3. The van der Waals surface area contributed by atoms with Gasteiger partial charge in [-0.15, -0.1) is 0 Å². The van der Waals surface area contributed by atoms with E-state index in [0.29, 0.717) is 6.54 Å². The number of β-amino-alcohol motifs (C(OH)–C–C–N with tert-alkyl or cyclic N) is 1. The Kier molecular flexibility index (Phi) is 8.24. The first-order valence-electron chi connectivity index (χ1n) is 10.7. The van der Waals surface area contributed by atoms with Gasteiger partial charge in [0.15, 0.2) is 0 Å². The minimum atomic E-state index is -1.19. The monoisotopic (exact) mass is 418 g/mol. The van der Waals surface area contributed by atoms with Crippen LogP contribution in [0.1, 0.15) is 31.2 Å². The van der Waals surface area contributed by atoms with Gasteiger partial charge in [0.25, 0.3) is 0 Å². The Balaban J connectivity index is 1.34. The molecule has 1 saturated heterocycles. The maximum atomic E-state index is 10.0. The average Bonchev–Trinajstić information content (AvgIpc) is 3.27. The number of aliphatic hydroxyl groups excluding tert-OH is 4. The van der Waals surface area contributed by atoms with Gasteiger partial charge in [-0.05, 0) is 56.1 Å². The highest BCUT2D eigenvalue weighted by molar-refractivity contribution is 5.55. The Morgan fingerprint density at radius 1 is 1.10 bits per heavy atom. The molecule has 0 bridgehead atoms. The lowest BCUT2D eigenvalue weighted by atomic mass is 9.94. The fourth-order valence-corrected chi connectivity index (χ4v) is 4.06. The maximum Gasteiger partial charge on any atom is 0.109 e. The van der Waals surface area contributed by atoms with Crippen LogP contribution in [0.4, 0.5) is 5.69 Å². The molecule has 0 saturated carbocycles. The lowest BCUT2D eigenvalue weighted by molar-refractivity contribution is -0.145. The summed E-state index contributed by atoms with van der Waals surface area (Å²) in [6.07, 6.45) is 4.48. The molecule has 1 aliphatic heterocycles. The number of hydrogen-bond donors (Lipinski definition) is 5. The third-order valence-electron chi connectivity index (χ3n) is 5.88. The van der Waals surface area contributed by atoms with Crippen LogP contribution in [0.2, 0.25) is 0 Å². The van der Waals surface area contributed by atoms with Crippen molar-refractivity contribution >= 4 is 5.69 Å². The number of anilines is 1. The minimum Gasteiger partial charge on any atom is -0.395 e. The summed E-state index contributed by atoms with van der Waals surface area (Å²) in [6, 6.07) is 7.65. The summed E-state index contributed by atoms with van der Waals surface area (Å²) >= 11 is 0. The van der Waals surface area contributed by atoms with E-state index in [1.807, 2.05) is 21.8 Å². The molecule has 2 aromatic rings. The summed E-state index contributed by atoms with van der Waals surface area (Å²) in [4.78, 5) is 1.88. The molecule has 30 heavy (non-hydrogen) atoms. The number of aromatic nitrogens is 2. The summed E-state index contributed by atoms with van der Waals surface area (Å²) in [7, 11) is 0. The molecular formula is C22H34N4O4. The van der Waals surface area contributed by atoms with Crippen LogP contribution >= 0.6 is 0 Å². The van der Waals surface area contributed by atoms with Gasteiger partial charge in [-0.2, -0.15) is 5.10 Å². The first-order chi connectivity index (χ1) is 14.5. The summed E-state index contributed by atoms with van der Waals surface area (Å²) in [5, 5.41) is 46.9. The van der Waals surface area contributed by atoms with Crippen molar-refractivity contribution in [1.82, 2.24) is 14.7 Å². The third-order valence-corrected chi connectivity index (χ3v) is 5.88. The van der Waals surface area contributed by atoms with Gasteiger partial charge in [-0.1, -0.05) is 12.8 Å². The van der Waals surface area contributed by atoms with Crippen LogP contribution in [-0.4, -0.2) is 85.7 Å². The van der Waals surface area contributed by atoms with Gasteiger partial charge in [0.05, 0.1) is 24.4 Å². The van der Waals surface area contributed by atoms with Gasteiger partial charge in [-0.25, -0.2) is 4.68 Å². The van der Waals surface area contributed by atoms with Crippen molar-refractivity contribution in [2.45, 2.75) is 57.0 Å². The maximum absolute atomic E-state index is 10.0. The summed E-state index contributed by atoms with van der Waals surface area (Å²) in [5.41, 5.74) is 3.36. The molecule has 3 rings (SSSR count). The molecule has 4 atom stereocenters. The second kappa shape index (κ2) is 10.9. The molecule has 2 heterocycles. The number of hydrogen-bond acceptors (Lipinski definition) is 7. The molecule has 0 amide bonds. The van der Waals surface area contributed by atoms with Gasteiger partial charge in [-0.3, -0.25) is 4.90 Å². The van der Waals surface area contributed by atoms with Crippen LogP contribution in [0.15, 0.2) is 36.7 Å².